The summed E-state index contributed by atoms with van der Waals surface area (Å²) >= 11 is 2.40. The highest BCUT2D eigenvalue weighted by atomic mass is 127. The van der Waals surface area contributed by atoms with Gasteiger partial charge in [-0.1, -0.05) is 79.0 Å². The van der Waals surface area contributed by atoms with E-state index in [1.807, 2.05) is 0 Å². The molecule has 0 fully saturated rings. The van der Waals surface area contributed by atoms with Crippen LogP contribution in [0.1, 0.15) is 38.2 Å². The summed E-state index contributed by atoms with van der Waals surface area (Å²) in [4.78, 5) is 0. The van der Waals surface area contributed by atoms with Gasteiger partial charge in [0.25, 0.3) is 0 Å². The lowest BCUT2D eigenvalue weighted by Crippen LogP contribution is -2.36. The third kappa shape index (κ3) is 4.20. The van der Waals surface area contributed by atoms with Gasteiger partial charge in [0.1, 0.15) is 0 Å². The molecule has 0 radical (unpaired) electrons. The minimum absolute atomic E-state index is 0.0133. The van der Waals surface area contributed by atoms with E-state index in [2.05, 4.69) is 121 Å². The number of hydrogen-bond acceptors (Lipinski definition) is 0. The van der Waals surface area contributed by atoms with Gasteiger partial charge in [0.05, 0.1) is 0 Å². The first-order chi connectivity index (χ1) is 12.8. The highest BCUT2D eigenvalue weighted by Crippen LogP contribution is 2.47. The maximum absolute atomic E-state index is 2.47. The average Bonchev–Trinajstić information content (AvgIpc) is 2.71. The highest BCUT2D eigenvalue weighted by molar-refractivity contribution is 14.1. The molecule has 0 N–H and O–H groups in total. The maximum atomic E-state index is 2.47. The summed E-state index contributed by atoms with van der Waals surface area (Å²) in [6.45, 7) is 2.07. The van der Waals surface area contributed by atoms with Crippen LogP contribution in [0.3, 0.4) is 0 Å². The summed E-state index contributed by atoms with van der Waals surface area (Å²) < 4.78 is 1.29. The Labute approximate surface area is 171 Å². The first-order valence-corrected chi connectivity index (χ1v) is 10.6. The molecule has 2 aliphatic rings. The molecule has 0 aliphatic heterocycles. The summed E-state index contributed by atoms with van der Waals surface area (Å²) in [6, 6.07) is 9.16. The summed E-state index contributed by atoms with van der Waals surface area (Å²) in [5, 5.41) is 0. The van der Waals surface area contributed by atoms with Gasteiger partial charge in [0.2, 0.25) is 0 Å². The molecule has 0 bridgehead atoms. The van der Waals surface area contributed by atoms with Crippen LogP contribution in [0.15, 0.2) is 96.7 Å². The van der Waals surface area contributed by atoms with E-state index >= 15 is 0 Å². The molecule has 2 unspecified atom stereocenters. The Morgan fingerprint density at radius 3 is 2.58 bits per heavy atom. The van der Waals surface area contributed by atoms with E-state index < -0.39 is 0 Å². The zero-order chi connectivity index (χ0) is 18.2. The van der Waals surface area contributed by atoms with Crippen LogP contribution in [0.2, 0.25) is 0 Å². The molecule has 1 aromatic carbocycles. The van der Waals surface area contributed by atoms with Gasteiger partial charge in [0, 0.05) is 8.99 Å². The molecule has 1 heteroatoms. The van der Waals surface area contributed by atoms with E-state index in [-0.39, 0.29) is 5.41 Å². The molecule has 2 aliphatic carbocycles. The SMILES string of the molecule is C/C=C\C=C/CC(C1=CCCC=C1)(c1ccc(I)cc1)C1C=CC=CC1. The second-order valence-electron chi connectivity index (χ2n) is 6.93. The smallest absolute Gasteiger partial charge is 0.0299 e. The average molecular weight is 454 g/mol. The van der Waals surface area contributed by atoms with Gasteiger partial charge < -0.3 is 0 Å². The van der Waals surface area contributed by atoms with Crippen LogP contribution >= 0.6 is 22.6 Å². The maximum Gasteiger partial charge on any atom is 0.0299 e. The quantitative estimate of drug-likeness (QED) is 0.309. The van der Waals surface area contributed by atoms with Crippen molar-refractivity contribution in [2.75, 3.05) is 0 Å². The van der Waals surface area contributed by atoms with Crippen molar-refractivity contribution in [3.8, 4) is 0 Å². The fourth-order valence-electron chi connectivity index (χ4n) is 4.06. The van der Waals surface area contributed by atoms with Crippen molar-refractivity contribution in [3.05, 3.63) is 106 Å². The number of benzene rings is 1. The Morgan fingerprint density at radius 2 is 1.92 bits per heavy atom. The molecule has 26 heavy (non-hydrogen) atoms. The summed E-state index contributed by atoms with van der Waals surface area (Å²) in [5.41, 5.74) is 2.88. The fourth-order valence-corrected chi connectivity index (χ4v) is 4.42. The number of halogens is 1. The first kappa shape index (κ1) is 19.2. The van der Waals surface area contributed by atoms with Crippen molar-refractivity contribution < 1.29 is 0 Å². The molecule has 0 saturated heterocycles. The summed E-state index contributed by atoms with van der Waals surface area (Å²) in [6.07, 6.45) is 29.4. The van der Waals surface area contributed by atoms with Crippen molar-refractivity contribution in [1.82, 2.24) is 0 Å². The van der Waals surface area contributed by atoms with E-state index in [0.29, 0.717) is 5.92 Å². The largest absolute Gasteiger partial charge is 0.0877 e. The monoisotopic (exact) mass is 454 g/mol. The van der Waals surface area contributed by atoms with Crippen LogP contribution in [-0.4, -0.2) is 0 Å². The molecule has 0 spiro atoms. The minimum atomic E-state index is -0.0133. The van der Waals surface area contributed by atoms with Crippen molar-refractivity contribution in [1.29, 1.82) is 0 Å². The molecular weight excluding hydrogens is 427 g/mol. The molecule has 1 aromatic rings. The fraction of sp³-hybridized carbons (Fsp3) is 0.280. The van der Waals surface area contributed by atoms with Gasteiger partial charge in [0.15, 0.2) is 0 Å². The lowest BCUT2D eigenvalue weighted by Gasteiger charge is -2.42. The van der Waals surface area contributed by atoms with Crippen molar-refractivity contribution in [2.45, 2.75) is 38.0 Å². The van der Waals surface area contributed by atoms with Gasteiger partial charge in [-0.05, 0) is 84.4 Å². The molecule has 0 heterocycles. The van der Waals surface area contributed by atoms with E-state index in [1.54, 1.807) is 0 Å². The van der Waals surface area contributed by atoms with E-state index in [9.17, 15) is 0 Å². The predicted molar refractivity (Wildman–Crippen MR) is 122 cm³/mol. The number of allylic oxidation sites excluding steroid dienone is 12. The van der Waals surface area contributed by atoms with Gasteiger partial charge in [-0.2, -0.15) is 0 Å². The van der Waals surface area contributed by atoms with Crippen LogP contribution in [0.5, 0.6) is 0 Å². The van der Waals surface area contributed by atoms with Gasteiger partial charge >= 0.3 is 0 Å². The van der Waals surface area contributed by atoms with Crippen LogP contribution in [0, 0.1) is 9.49 Å². The second kappa shape index (κ2) is 9.36. The zero-order valence-corrected chi connectivity index (χ0v) is 17.6. The Kier molecular flexibility index (Phi) is 6.90. The van der Waals surface area contributed by atoms with Gasteiger partial charge in [-0.25, -0.2) is 0 Å². The minimum Gasteiger partial charge on any atom is -0.0877 e. The lowest BCUT2D eigenvalue weighted by atomic mass is 9.61. The van der Waals surface area contributed by atoms with Crippen molar-refractivity contribution in [3.63, 3.8) is 0 Å². The molecular formula is C25H27I. The second-order valence-corrected chi connectivity index (χ2v) is 8.18. The highest BCUT2D eigenvalue weighted by Gasteiger charge is 2.40. The number of hydrogen-bond donors (Lipinski definition) is 0. The Balaban J connectivity index is 2.13. The van der Waals surface area contributed by atoms with E-state index in [0.717, 1.165) is 25.7 Å². The van der Waals surface area contributed by atoms with Crippen molar-refractivity contribution >= 4 is 22.6 Å². The molecule has 0 aromatic heterocycles. The molecule has 0 nitrogen and oxygen atoms in total. The van der Waals surface area contributed by atoms with E-state index in [4.69, 9.17) is 0 Å². The summed E-state index contributed by atoms with van der Waals surface area (Å²) in [5.74, 6) is 0.469. The topological polar surface area (TPSA) is 0 Å². The standard InChI is InChI=1S/C25H27I/c1-2-3-4-11-20-25(21-12-7-5-8-13-21,22-14-9-6-10-15-22)23-16-18-24(26)19-17-23/h2-5,7-9,11-12,14-19,21H,6,10,13,20H2,1H3/b3-2-,11-4-. The predicted octanol–water partition coefficient (Wildman–Crippen LogP) is 7.46. The Hall–Kier alpha value is -1.61. The molecule has 3 rings (SSSR count). The molecule has 0 saturated carbocycles. The zero-order valence-electron chi connectivity index (χ0n) is 15.4. The van der Waals surface area contributed by atoms with E-state index in [1.165, 1.54) is 14.7 Å². The normalized spacial score (nSPS) is 22.1. The van der Waals surface area contributed by atoms with Gasteiger partial charge in [-0.3, -0.25) is 0 Å². The Bertz CT molecular complexity index is 771. The molecule has 134 valence electrons. The molecule has 2 atom stereocenters. The van der Waals surface area contributed by atoms with Crippen LogP contribution in [0.25, 0.3) is 0 Å². The first-order valence-electron chi connectivity index (χ1n) is 9.52. The Morgan fingerprint density at radius 1 is 1.08 bits per heavy atom. The van der Waals surface area contributed by atoms with Crippen LogP contribution in [0.4, 0.5) is 0 Å². The third-order valence-corrected chi connectivity index (χ3v) is 6.08. The summed E-state index contributed by atoms with van der Waals surface area (Å²) in [7, 11) is 0. The lowest BCUT2D eigenvalue weighted by molar-refractivity contribution is 0.380. The van der Waals surface area contributed by atoms with Crippen LogP contribution < -0.4 is 0 Å². The number of rotatable bonds is 6. The van der Waals surface area contributed by atoms with Crippen LogP contribution in [-0.2, 0) is 5.41 Å². The molecule has 0 amide bonds. The van der Waals surface area contributed by atoms with Crippen molar-refractivity contribution in [2.24, 2.45) is 5.92 Å². The third-order valence-electron chi connectivity index (χ3n) is 5.36. The van der Waals surface area contributed by atoms with Gasteiger partial charge in [-0.15, -0.1) is 0 Å².